The van der Waals surface area contributed by atoms with Crippen LogP contribution in [0.1, 0.15) is 25.6 Å². The molecule has 0 bridgehead atoms. The third-order valence-electron chi connectivity index (χ3n) is 3.66. The van der Waals surface area contributed by atoms with Crippen molar-refractivity contribution in [2.24, 2.45) is 5.73 Å². The normalized spacial score (nSPS) is 14.5. The van der Waals surface area contributed by atoms with Crippen molar-refractivity contribution in [3.63, 3.8) is 0 Å². The molecule has 2 N–H and O–H groups in total. The van der Waals surface area contributed by atoms with Crippen LogP contribution in [0.2, 0.25) is 0 Å². The maximum absolute atomic E-state index is 6.30. The number of hydrogen-bond donors (Lipinski definition) is 1. The van der Waals surface area contributed by atoms with Crippen LogP contribution in [0.25, 0.3) is 11.0 Å². The molecule has 1 aromatic carbocycles. The fourth-order valence-corrected chi connectivity index (χ4v) is 1.78. The zero-order valence-electron chi connectivity index (χ0n) is 10.9. The lowest BCUT2D eigenvalue weighted by Crippen LogP contribution is -2.47. The smallest absolute Gasteiger partial charge is 0.134 e. The first-order chi connectivity index (χ1) is 7.93. The predicted octanol–water partition coefficient (Wildman–Crippen LogP) is 2.77. The molecule has 1 heterocycles. The summed E-state index contributed by atoms with van der Waals surface area (Å²) >= 11 is 0. The van der Waals surface area contributed by atoms with Crippen molar-refractivity contribution in [3.8, 4) is 0 Å². The Balaban J connectivity index is 2.40. The van der Waals surface area contributed by atoms with Gasteiger partial charge in [0.25, 0.3) is 0 Å². The van der Waals surface area contributed by atoms with E-state index in [9.17, 15) is 0 Å². The van der Waals surface area contributed by atoms with Gasteiger partial charge in [-0.05, 0) is 40.1 Å². The number of benzene rings is 1. The quantitative estimate of drug-likeness (QED) is 0.884. The summed E-state index contributed by atoms with van der Waals surface area (Å²) < 4.78 is 5.81. The molecule has 1 aromatic heterocycles. The Morgan fingerprint density at radius 2 is 1.88 bits per heavy atom. The molecule has 0 aliphatic carbocycles. The van der Waals surface area contributed by atoms with Crippen molar-refractivity contribution in [1.29, 1.82) is 0 Å². The molecule has 0 radical (unpaired) electrons. The van der Waals surface area contributed by atoms with Gasteiger partial charge in [0.05, 0.1) is 6.04 Å². The molecule has 3 nitrogen and oxygen atoms in total. The molecule has 0 saturated carbocycles. The lowest BCUT2D eigenvalue weighted by Gasteiger charge is -2.36. The molecule has 17 heavy (non-hydrogen) atoms. The van der Waals surface area contributed by atoms with E-state index in [0.717, 1.165) is 16.7 Å². The van der Waals surface area contributed by atoms with Gasteiger partial charge in [0.2, 0.25) is 0 Å². The molecule has 92 valence electrons. The maximum atomic E-state index is 6.30. The molecule has 0 saturated heterocycles. The summed E-state index contributed by atoms with van der Waals surface area (Å²) in [5.41, 5.74) is 7.05. The van der Waals surface area contributed by atoms with Crippen LogP contribution in [0, 0.1) is 0 Å². The summed E-state index contributed by atoms with van der Waals surface area (Å²) in [5.74, 6) is 0.838. The van der Waals surface area contributed by atoms with Gasteiger partial charge in [0.1, 0.15) is 11.3 Å². The largest absolute Gasteiger partial charge is 0.459 e. The number of fused-ring (bicyclic) bond motifs is 1. The Hall–Kier alpha value is -1.32. The summed E-state index contributed by atoms with van der Waals surface area (Å²) in [6, 6.07) is 9.87. The Morgan fingerprint density at radius 3 is 2.47 bits per heavy atom. The van der Waals surface area contributed by atoms with Gasteiger partial charge in [-0.3, -0.25) is 0 Å². The lowest BCUT2D eigenvalue weighted by atomic mass is 9.92. The number of para-hydroxylation sites is 1. The summed E-state index contributed by atoms with van der Waals surface area (Å²) in [6.45, 7) is 4.23. The third-order valence-corrected chi connectivity index (χ3v) is 3.66. The van der Waals surface area contributed by atoms with Crippen molar-refractivity contribution in [3.05, 3.63) is 36.1 Å². The number of nitrogens with two attached hydrogens (primary N) is 1. The Morgan fingerprint density at radius 1 is 1.24 bits per heavy atom. The van der Waals surface area contributed by atoms with Crippen molar-refractivity contribution >= 4 is 11.0 Å². The van der Waals surface area contributed by atoms with Gasteiger partial charge < -0.3 is 15.1 Å². The van der Waals surface area contributed by atoms with Gasteiger partial charge in [0, 0.05) is 10.9 Å². The average molecular weight is 232 g/mol. The van der Waals surface area contributed by atoms with E-state index in [-0.39, 0.29) is 11.6 Å². The van der Waals surface area contributed by atoms with Crippen molar-refractivity contribution < 1.29 is 4.42 Å². The predicted molar refractivity (Wildman–Crippen MR) is 70.9 cm³/mol. The summed E-state index contributed by atoms with van der Waals surface area (Å²) in [7, 11) is 4.06. The molecule has 3 heteroatoms. The van der Waals surface area contributed by atoms with E-state index in [4.69, 9.17) is 10.2 Å². The number of likely N-dealkylation sites (N-methyl/N-ethyl adjacent to an activating group) is 1. The second kappa shape index (κ2) is 4.17. The van der Waals surface area contributed by atoms with Gasteiger partial charge in [0.15, 0.2) is 0 Å². The molecule has 0 fully saturated rings. The van der Waals surface area contributed by atoms with Crippen LogP contribution in [0.5, 0.6) is 0 Å². The third kappa shape index (κ3) is 2.08. The second-order valence-electron chi connectivity index (χ2n) is 5.21. The van der Waals surface area contributed by atoms with Gasteiger partial charge in [-0.25, -0.2) is 0 Å². The average Bonchev–Trinajstić information content (AvgIpc) is 2.70. The molecular formula is C14H20N2O. The van der Waals surface area contributed by atoms with Crippen LogP contribution in [0.15, 0.2) is 34.7 Å². The van der Waals surface area contributed by atoms with Crippen LogP contribution in [0.4, 0.5) is 0 Å². The zero-order valence-corrected chi connectivity index (χ0v) is 10.9. The molecule has 1 atom stereocenters. The Bertz CT molecular complexity index is 481. The Labute approximate surface area is 102 Å². The van der Waals surface area contributed by atoms with E-state index in [1.165, 1.54) is 0 Å². The molecule has 2 rings (SSSR count). The first kappa shape index (κ1) is 12.1. The highest BCUT2D eigenvalue weighted by atomic mass is 16.3. The highest BCUT2D eigenvalue weighted by Crippen LogP contribution is 2.31. The van der Waals surface area contributed by atoms with E-state index in [0.29, 0.717) is 0 Å². The second-order valence-corrected chi connectivity index (χ2v) is 5.21. The number of hydrogen-bond acceptors (Lipinski definition) is 3. The summed E-state index contributed by atoms with van der Waals surface area (Å²) in [5, 5.41) is 1.10. The number of rotatable bonds is 3. The van der Waals surface area contributed by atoms with Crippen molar-refractivity contribution in [2.45, 2.75) is 25.4 Å². The molecule has 0 spiro atoms. The SMILES string of the molecule is CN(C)C(C)(C)C(N)c1cc2ccccc2o1. The fourth-order valence-electron chi connectivity index (χ4n) is 1.78. The van der Waals surface area contributed by atoms with Crippen molar-refractivity contribution in [2.75, 3.05) is 14.1 Å². The van der Waals surface area contributed by atoms with Crippen molar-refractivity contribution in [1.82, 2.24) is 4.90 Å². The monoisotopic (exact) mass is 232 g/mol. The van der Waals surface area contributed by atoms with Crippen LogP contribution < -0.4 is 5.73 Å². The number of nitrogens with zero attached hydrogens (tertiary/aromatic N) is 1. The van der Waals surface area contributed by atoms with Crippen LogP contribution in [-0.4, -0.2) is 24.5 Å². The highest BCUT2D eigenvalue weighted by Gasteiger charge is 2.32. The minimum Gasteiger partial charge on any atom is -0.459 e. The van der Waals surface area contributed by atoms with Crippen LogP contribution >= 0.6 is 0 Å². The molecule has 2 aromatic rings. The van der Waals surface area contributed by atoms with Gasteiger partial charge in [-0.15, -0.1) is 0 Å². The maximum Gasteiger partial charge on any atom is 0.134 e. The van der Waals surface area contributed by atoms with Crippen LogP contribution in [0.3, 0.4) is 0 Å². The minimum atomic E-state index is -0.148. The first-order valence-corrected chi connectivity index (χ1v) is 5.84. The standard InChI is InChI=1S/C14H20N2O/c1-14(2,16(3)4)13(15)12-9-10-7-5-6-8-11(10)17-12/h5-9,13H,15H2,1-4H3. The van der Waals surface area contributed by atoms with E-state index in [1.54, 1.807) is 0 Å². The molecule has 1 unspecified atom stereocenters. The van der Waals surface area contributed by atoms with E-state index >= 15 is 0 Å². The van der Waals surface area contributed by atoms with E-state index in [1.807, 2.05) is 44.4 Å². The molecular weight excluding hydrogens is 212 g/mol. The summed E-state index contributed by atoms with van der Waals surface area (Å²) in [6.07, 6.45) is 0. The van der Waals surface area contributed by atoms with Gasteiger partial charge in [-0.2, -0.15) is 0 Å². The highest BCUT2D eigenvalue weighted by molar-refractivity contribution is 5.77. The van der Waals surface area contributed by atoms with Crippen LogP contribution in [-0.2, 0) is 0 Å². The lowest BCUT2D eigenvalue weighted by molar-refractivity contribution is 0.148. The number of furan rings is 1. The molecule has 0 aliphatic heterocycles. The van der Waals surface area contributed by atoms with Gasteiger partial charge in [-0.1, -0.05) is 18.2 Å². The van der Waals surface area contributed by atoms with E-state index < -0.39 is 0 Å². The first-order valence-electron chi connectivity index (χ1n) is 5.84. The fraction of sp³-hybridized carbons (Fsp3) is 0.429. The minimum absolute atomic E-state index is 0.145. The zero-order chi connectivity index (χ0) is 12.6. The van der Waals surface area contributed by atoms with E-state index in [2.05, 4.69) is 18.7 Å². The molecule has 0 aliphatic rings. The Kier molecular flexibility index (Phi) is 2.98. The summed E-state index contributed by atoms with van der Waals surface area (Å²) in [4.78, 5) is 2.12. The van der Waals surface area contributed by atoms with Gasteiger partial charge >= 0.3 is 0 Å². The topological polar surface area (TPSA) is 42.4 Å². The molecule has 0 amide bonds.